The predicted octanol–water partition coefficient (Wildman–Crippen LogP) is 1.88. The molecule has 1 aliphatic heterocycles. The van der Waals surface area contributed by atoms with Crippen molar-refractivity contribution in [2.75, 3.05) is 18.4 Å². The standard InChI is InChI=1S/C17H26N6O/c1-10(2)17-18-13-8-23(7-6-14(13)22(17)5)9-15(24)19-16-11(3)20-21-12(16)4/h10H,6-9H2,1-5H3,(H,19,24)(H,20,21). The van der Waals surface area contributed by atoms with E-state index in [1.54, 1.807) is 0 Å². The first-order chi connectivity index (χ1) is 11.4. The lowest BCUT2D eigenvalue weighted by Crippen LogP contribution is -2.37. The topological polar surface area (TPSA) is 78.8 Å². The number of rotatable bonds is 4. The van der Waals surface area contributed by atoms with Gasteiger partial charge in [-0.3, -0.25) is 14.8 Å². The van der Waals surface area contributed by atoms with Gasteiger partial charge in [-0.2, -0.15) is 5.10 Å². The molecule has 0 saturated carbocycles. The maximum atomic E-state index is 12.4. The van der Waals surface area contributed by atoms with Gasteiger partial charge in [0, 0.05) is 38.2 Å². The number of carbonyl (C=O) groups excluding carboxylic acids is 1. The largest absolute Gasteiger partial charge is 0.335 e. The van der Waals surface area contributed by atoms with E-state index >= 15 is 0 Å². The summed E-state index contributed by atoms with van der Waals surface area (Å²) in [5, 5.41) is 9.96. The average molecular weight is 330 g/mol. The number of hydrogen-bond donors (Lipinski definition) is 2. The van der Waals surface area contributed by atoms with Crippen LogP contribution in [0.25, 0.3) is 0 Å². The van der Waals surface area contributed by atoms with Gasteiger partial charge in [0.2, 0.25) is 5.91 Å². The molecule has 0 spiro atoms. The Labute approximate surface area is 142 Å². The van der Waals surface area contributed by atoms with Crippen molar-refractivity contribution in [2.24, 2.45) is 7.05 Å². The van der Waals surface area contributed by atoms with Gasteiger partial charge in [-0.15, -0.1) is 0 Å². The Morgan fingerprint density at radius 1 is 1.38 bits per heavy atom. The van der Waals surface area contributed by atoms with E-state index in [1.165, 1.54) is 5.69 Å². The number of nitrogens with zero attached hydrogens (tertiary/aromatic N) is 4. The summed E-state index contributed by atoms with van der Waals surface area (Å²) in [5.74, 6) is 1.52. The molecule has 0 unspecified atom stereocenters. The zero-order valence-electron chi connectivity index (χ0n) is 15.1. The van der Waals surface area contributed by atoms with Gasteiger partial charge in [0.05, 0.1) is 29.3 Å². The highest BCUT2D eigenvalue weighted by molar-refractivity contribution is 5.93. The van der Waals surface area contributed by atoms with Crippen LogP contribution in [0.1, 0.15) is 48.4 Å². The lowest BCUT2D eigenvalue weighted by molar-refractivity contribution is -0.117. The second kappa shape index (κ2) is 6.39. The highest BCUT2D eigenvalue weighted by Gasteiger charge is 2.25. The van der Waals surface area contributed by atoms with Crippen LogP contribution in [0.15, 0.2) is 0 Å². The van der Waals surface area contributed by atoms with E-state index in [1.807, 2.05) is 13.8 Å². The molecule has 0 saturated heterocycles. The minimum absolute atomic E-state index is 0.00827. The molecule has 2 aromatic heterocycles. The van der Waals surface area contributed by atoms with E-state index in [2.05, 4.69) is 45.9 Å². The van der Waals surface area contributed by atoms with Gasteiger partial charge < -0.3 is 9.88 Å². The van der Waals surface area contributed by atoms with E-state index in [9.17, 15) is 4.79 Å². The van der Waals surface area contributed by atoms with Gasteiger partial charge >= 0.3 is 0 Å². The van der Waals surface area contributed by atoms with Crippen LogP contribution in [-0.4, -0.2) is 43.6 Å². The van der Waals surface area contributed by atoms with Crippen LogP contribution in [0.4, 0.5) is 5.69 Å². The molecule has 3 rings (SSSR count). The van der Waals surface area contributed by atoms with E-state index in [0.29, 0.717) is 12.5 Å². The highest BCUT2D eigenvalue weighted by atomic mass is 16.2. The van der Waals surface area contributed by atoms with Crippen molar-refractivity contribution in [3.05, 3.63) is 28.6 Å². The second-order valence-electron chi connectivity index (χ2n) is 6.89. The Hall–Kier alpha value is -2.15. The van der Waals surface area contributed by atoms with E-state index in [0.717, 1.165) is 48.1 Å². The summed E-state index contributed by atoms with van der Waals surface area (Å²) in [5.41, 5.74) is 4.89. The molecule has 0 radical (unpaired) electrons. The monoisotopic (exact) mass is 330 g/mol. The second-order valence-corrected chi connectivity index (χ2v) is 6.89. The molecule has 1 aliphatic rings. The molecule has 0 aliphatic carbocycles. The molecule has 3 heterocycles. The first-order valence-corrected chi connectivity index (χ1v) is 8.45. The minimum Gasteiger partial charge on any atom is -0.335 e. The summed E-state index contributed by atoms with van der Waals surface area (Å²) in [6.45, 7) is 10.1. The number of hydrogen-bond acceptors (Lipinski definition) is 4. The average Bonchev–Trinajstić information content (AvgIpc) is 3.01. The third kappa shape index (κ3) is 3.08. The molecule has 1 amide bonds. The van der Waals surface area contributed by atoms with Crippen molar-refractivity contribution >= 4 is 11.6 Å². The summed E-state index contributed by atoms with van der Waals surface area (Å²) in [4.78, 5) is 19.3. The van der Waals surface area contributed by atoms with Gasteiger partial charge in [0.1, 0.15) is 5.82 Å². The third-order valence-electron chi connectivity index (χ3n) is 4.65. The highest BCUT2D eigenvalue weighted by Crippen LogP contribution is 2.23. The molecule has 2 aromatic rings. The molecular weight excluding hydrogens is 304 g/mol. The molecule has 24 heavy (non-hydrogen) atoms. The Bertz CT molecular complexity index is 738. The minimum atomic E-state index is -0.00827. The smallest absolute Gasteiger partial charge is 0.238 e. The maximum absolute atomic E-state index is 12.4. The van der Waals surface area contributed by atoms with E-state index in [-0.39, 0.29) is 5.91 Å². The van der Waals surface area contributed by atoms with Crippen LogP contribution in [0, 0.1) is 13.8 Å². The van der Waals surface area contributed by atoms with Gasteiger partial charge in [-0.1, -0.05) is 13.8 Å². The lowest BCUT2D eigenvalue weighted by Gasteiger charge is -2.26. The fourth-order valence-corrected chi connectivity index (χ4v) is 3.37. The van der Waals surface area contributed by atoms with Crippen LogP contribution >= 0.6 is 0 Å². The normalized spacial score (nSPS) is 14.9. The molecule has 7 heteroatoms. The first kappa shape index (κ1) is 16.7. The van der Waals surface area contributed by atoms with Crippen LogP contribution in [0.3, 0.4) is 0 Å². The maximum Gasteiger partial charge on any atom is 0.238 e. The number of anilines is 1. The van der Waals surface area contributed by atoms with Crippen molar-refractivity contribution in [3.8, 4) is 0 Å². The Kier molecular flexibility index (Phi) is 4.45. The number of aryl methyl sites for hydroxylation is 2. The quantitative estimate of drug-likeness (QED) is 0.897. The SMILES string of the molecule is Cc1n[nH]c(C)c1NC(=O)CN1CCc2c(nc(C(C)C)n2C)C1. The fraction of sp³-hybridized carbons (Fsp3) is 0.588. The Morgan fingerprint density at radius 3 is 2.75 bits per heavy atom. The van der Waals surface area contributed by atoms with Gasteiger partial charge in [0.25, 0.3) is 0 Å². The molecule has 0 atom stereocenters. The van der Waals surface area contributed by atoms with Gasteiger partial charge in [-0.25, -0.2) is 4.98 Å². The number of nitrogens with one attached hydrogen (secondary N) is 2. The zero-order valence-corrected chi connectivity index (χ0v) is 15.1. The van der Waals surface area contributed by atoms with Crippen molar-refractivity contribution in [1.29, 1.82) is 0 Å². The molecule has 0 bridgehead atoms. The van der Waals surface area contributed by atoms with Crippen LogP contribution in [0.5, 0.6) is 0 Å². The number of amides is 1. The van der Waals surface area contributed by atoms with Gasteiger partial charge in [-0.05, 0) is 13.8 Å². The molecule has 0 aromatic carbocycles. The Morgan fingerprint density at radius 2 is 2.12 bits per heavy atom. The van der Waals surface area contributed by atoms with Crippen LogP contribution < -0.4 is 5.32 Å². The van der Waals surface area contributed by atoms with Crippen molar-refractivity contribution in [3.63, 3.8) is 0 Å². The van der Waals surface area contributed by atoms with Crippen molar-refractivity contribution in [2.45, 2.75) is 46.6 Å². The van der Waals surface area contributed by atoms with Crippen LogP contribution in [0.2, 0.25) is 0 Å². The summed E-state index contributed by atoms with van der Waals surface area (Å²) in [7, 11) is 2.09. The van der Waals surface area contributed by atoms with Crippen molar-refractivity contribution < 1.29 is 4.79 Å². The number of aromatic nitrogens is 4. The fourth-order valence-electron chi connectivity index (χ4n) is 3.37. The molecular formula is C17H26N6O. The number of fused-ring (bicyclic) bond motifs is 1. The first-order valence-electron chi connectivity index (χ1n) is 8.45. The molecule has 2 N–H and O–H groups in total. The number of carbonyl (C=O) groups is 1. The van der Waals surface area contributed by atoms with E-state index < -0.39 is 0 Å². The summed E-state index contributed by atoms with van der Waals surface area (Å²) >= 11 is 0. The summed E-state index contributed by atoms with van der Waals surface area (Å²) in [6.07, 6.45) is 0.933. The van der Waals surface area contributed by atoms with Crippen LogP contribution in [-0.2, 0) is 24.8 Å². The van der Waals surface area contributed by atoms with Crippen molar-refractivity contribution in [1.82, 2.24) is 24.6 Å². The van der Waals surface area contributed by atoms with E-state index in [4.69, 9.17) is 4.98 Å². The third-order valence-corrected chi connectivity index (χ3v) is 4.65. The molecule has 130 valence electrons. The summed E-state index contributed by atoms with van der Waals surface area (Å²) < 4.78 is 2.22. The molecule has 7 nitrogen and oxygen atoms in total. The summed E-state index contributed by atoms with van der Waals surface area (Å²) in [6, 6.07) is 0. The number of H-pyrrole nitrogens is 1. The number of aromatic amines is 1. The molecule has 0 fully saturated rings. The number of imidazole rings is 1. The predicted molar refractivity (Wildman–Crippen MR) is 93.0 cm³/mol. The van der Waals surface area contributed by atoms with Gasteiger partial charge in [0.15, 0.2) is 0 Å². The Balaban J connectivity index is 1.66. The zero-order chi connectivity index (χ0) is 17.4. The lowest BCUT2D eigenvalue weighted by atomic mass is 10.1.